The zero-order valence-electron chi connectivity index (χ0n) is 12.9. The van der Waals surface area contributed by atoms with Crippen LogP contribution in [0.2, 0.25) is 0 Å². The van der Waals surface area contributed by atoms with Gasteiger partial charge >= 0.3 is 0 Å². The van der Waals surface area contributed by atoms with Gasteiger partial charge in [0.2, 0.25) is 5.72 Å². The summed E-state index contributed by atoms with van der Waals surface area (Å²) in [5, 5.41) is 12.0. The Bertz CT molecular complexity index is 833. The fraction of sp³-hybridized carbons (Fsp3) is 0.158. The van der Waals surface area contributed by atoms with Crippen LogP contribution in [0.3, 0.4) is 0 Å². The number of hydrogen-bond acceptors (Lipinski definition) is 5. The highest BCUT2D eigenvalue weighted by Crippen LogP contribution is 2.43. The van der Waals surface area contributed by atoms with Crippen LogP contribution in [0.1, 0.15) is 15.9 Å². The van der Waals surface area contributed by atoms with Crippen LogP contribution in [0.4, 0.5) is 0 Å². The standard InChI is InChI=1S/C19H16N2O2S/c22-16(14-7-3-1-4-8-14)13-17-19(23,15-9-5-2-6-10-15)20-18-21(17)11-12-24-18/h1-10,13,23H,11-12H2/b17-13-. The Morgan fingerprint density at radius 1 is 1.12 bits per heavy atom. The molecular formula is C19H16N2O2S. The smallest absolute Gasteiger partial charge is 0.227 e. The number of rotatable bonds is 3. The highest BCUT2D eigenvalue weighted by Gasteiger charge is 2.46. The Labute approximate surface area is 144 Å². The molecular weight excluding hydrogens is 320 g/mol. The van der Waals surface area contributed by atoms with Gasteiger partial charge in [-0.1, -0.05) is 72.4 Å². The van der Waals surface area contributed by atoms with Crippen molar-refractivity contribution >= 4 is 22.7 Å². The van der Waals surface area contributed by atoms with E-state index in [2.05, 4.69) is 4.99 Å². The summed E-state index contributed by atoms with van der Waals surface area (Å²) >= 11 is 1.60. The first-order chi connectivity index (χ1) is 11.7. The molecule has 0 spiro atoms. The van der Waals surface area contributed by atoms with E-state index in [1.54, 1.807) is 23.9 Å². The van der Waals surface area contributed by atoms with Crippen LogP contribution in [0, 0.1) is 0 Å². The molecule has 5 heteroatoms. The van der Waals surface area contributed by atoms with Gasteiger partial charge in [0.1, 0.15) is 0 Å². The SMILES string of the molecule is O=C(/C=C1\N2CCSC2=NC1(O)c1ccccc1)c1ccccc1. The maximum Gasteiger partial charge on any atom is 0.227 e. The number of thioether (sulfide) groups is 1. The van der Waals surface area contributed by atoms with Crippen LogP contribution in [-0.2, 0) is 5.72 Å². The number of amidine groups is 1. The summed E-state index contributed by atoms with van der Waals surface area (Å²) in [7, 11) is 0. The van der Waals surface area contributed by atoms with Gasteiger partial charge in [0.05, 0.1) is 5.70 Å². The highest BCUT2D eigenvalue weighted by molar-refractivity contribution is 8.14. The van der Waals surface area contributed by atoms with Gasteiger partial charge < -0.3 is 10.0 Å². The van der Waals surface area contributed by atoms with E-state index < -0.39 is 5.72 Å². The lowest BCUT2D eigenvalue weighted by molar-refractivity contribution is 0.0772. The zero-order valence-corrected chi connectivity index (χ0v) is 13.7. The first-order valence-corrected chi connectivity index (χ1v) is 8.77. The van der Waals surface area contributed by atoms with Crippen LogP contribution in [0.15, 0.2) is 77.4 Å². The molecule has 1 saturated heterocycles. The Balaban J connectivity index is 1.79. The summed E-state index contributed by atoms with van der Waals surface area (Å²) in [5.74, 6) is 0.772. The molecule has 2 aliphatic heterocycles. The van der Waals surface area contributed by atoms with Crippen molar-refractivity contribution in [3.05, 3.63) is 83.6 Å². The number of benzene rings is 2. The molecule has 2 aromatic carbocycles. The molecule has 1 N–H and O–H groups in total. The van der Waals surface area contributed by atoms with Gasteiger partial charge in [0.25, 0.3) is 0 Å². The van der Waals surface area contributed by atoms with Gasteiger partial charge in [0, 0.05) is 29.5 Å². The molecule has 1 atom stereocenters. The summed E-state index contributed by atoms with van der Waals surface area (Å²) < 4.78 is 0. The topological polar surface area (TPSA) is 52.9 Å². The number of ketones is 1. The average molecular weight is 336 g/mol. The fourth-order valence-corrected chi connectivity index (χ4v) is 3.97. The van der Waals surface area contributed by atoms with E-state index >= 15 is 0 Å². The van der Waals surface area contributed by atoms with Crippen molar-refractivity contribution in [2.75, 3.05) is 12.3 Å². The van der Waals surface area contributed by atoms with Gasteiger partial charge in [-0.3, -0.25) is 4.79 Å². The number of hydrogen-bond donors (Lipinski definition) is 1. The Hall–Kier alpha value is -2.37. The number of carbonyl (C=O) groups is 1. The monoisotopic (exact) mass is 336 g/mol. The lowest BCUT2D eigenvalue weighted by atomic mass is 9.98. The van der Waals surface area contributed by atoms with Crippen molar-refractivity contribution in [1.29, 1.82) is 0 Å². The zero-order chi connectivity index (χ0) is 16.6. The fourth-order valence-electron chi connectivity index (χ4n) is 2.97. The molecule has 0 bridgehead atoms. The van der Waals surface area contributed by atoms with Crippen molar-refractivity contribution in [3.8, 4) is 0 Å². The largest absolute Gasteiger partial charge is 0.361 e. The van der Waals surface area contributed by atoms with E-state index in [0.29, 0.717) is 16.8 Å². The minimum absolute atomic E-state index is 0.131. The second-order valence-electron chi connectivity index (χ2n) is 5.69. The van der Waals surface area contributed by atoms with Crippen molar-refractivity contribution in [2.45, 2.75) is 5.72 Å². The number of allylic oxidation sites excluding steroid dienone is 1. The van der Waals surface area contributed by atoms with E-state index in [4.69, 9.17) is 0 Å². The van der Waals surface area contributed by atoms with Crippen LogP contribution in [-0.4, -0.2) is 33.3 Å². The van der Waals surface area contributed by atoms with Crippen molar-refractivity contribution < 1.29 is 9.90 Å². The van der Waals surface area contributed by atoms with E-state index in [9.17, 15) is 9.90 Å². The molecule has 4 rings (SSSR count). The number of nitrogens with zero attached hydrogens (tertiary/aromatic N) is 2. The maximum absolute atomic E-state index is 12.6. The van der Waals surface area contributed by atoms with E-state index in [1.165, 1.54) is 6.08 Å². The number of aliphatic imine (C=N–C) groups is 1. The summed E-state index contributed by atoms with van der Waals surface area (Å²) in [4.78, 5) is 19.1. The lowest BCUT2D eigenvalue weighted by Gasteiger charge is -2.25. The van der Waals surface area contributed by atoms with Crippen molar-refractivity contribution in [2.24, 2.45) is 4.99 Å². The van der Waals surface area contributed by atoms with Crippen molar-refractivity contribution in [1.82, 2.24) is 4.90 Å². The number of aliphatic hydroxyl groups is 1. The van der Waals surface area contributed by atoms with Gasteiger partial charge in [-0.25, -0.2) is 4.99 Å². The van der Waals surface area contributed by atoms with Crippen LogP contribution in [0.5, 0.6) is 0 Å². The van der Waals surface area contributed by atoms with Gasteiger partial charge in [-0.05, 0) is 0 Å². The molecule has 2 aromatic rings. The molecule has 0 aromatic heterocycles. The molecule has 0 aliphatic carbocycles. The minimum Gasteiger partial charge on any atom is -0.361 e. The Kier molecular flexibility index (Phi) is 3.75. The summed E-state index contributed by atoms with van der Waals surface area (Å²) in [6.45, 7) is 0.743. The molecule has 4 nitrogen and oxygen atoms in total. The molecule has 1 fully saturated rings. The predicted molar refractivity (Wildman–Crippen MR) is 95.8 cm³/mol. The minimum atomic E-state index is -1.51. The summed E-state index contributed by atoms with van der Waals surface area (Å²) in [5.41, 5.74) is 0.289. The van der Waals surface area contributed by atoms with E-state index in [0.717, 1.165) is 17.5 Å². The molecule has 120 valence electrons. The maximum atomic E-state index is 12.6. The molecule has 24 heavy (non-hydrogen) atoms. The number of fused-ring (bicyclic) bond motifs is 1. The van der Waals surface area contributed by atoms with E-state index in [1.807, 2.05) is 53.4 Å². The third-order valence-electron chi connectivity index (χ3n) is 4.18. The molecule has 2 aliphatic rings. The summed E-state index contributed by atoms with van der Waals surface area (Å²) in [6, 6.07) is 18.4. The molecule has 0 saturated carbocycles. The lowest BCUT2D eigenvalue weighted by Crippen LogP contribution is -2.31. The van der Waals surface area contributed by atoms with Crippen LogP contribution in [0.25, 0.3) is 0 Å². The molecule has 2 heterocycles. The van der Waals surface area contributed by atoms with Gasteiger partial charge in [0.15, 0.2) is 11.0 Å². The van der Waals surface area contributed by atoms with Gasteiger partial charge in [-0.2, -0.15) is 0 Å². The summed E-state index contributed by atoms with van der Waals surface area (Å²) in [6.07, 6.45) is 1.52. The third kappa shape index (κ3) is 2.46. The number of carbonyl (C=O) groups excluding carboxylic acids is 1. The Morgan fingerprint density at radius 3 is 2.50 bits per heavy atom. The second kappa shape index (κ2) is 5.92. The predicted octanol–water partition coefficient (Wildman–Crippen LogP) is 3.02. The first-order valence-electron chi connectivity index (χ1n) is 7.78. The van der Waals surface area contributed by atoms with E-state index in [-0.39, 0.29) is 5.78 Å². The van der Waals surface area contributed by atoms with Crippen molar-refractivity contribution in [3.63, 3.8) is 0 Å². The first kappa shape index (κ1) is 15.2. The average Bonchev–Trinajstić information content (AvgIpc) is 3.17. The second-order valence-corrected chi connectivity index (χ2v) is 6.75. The van der Waals surface area contributed by atoms with Crippen LogP contribution >= 0.6 is 11.8 Å². The molecule has 0 amide bonds. The normalized spacial score (nSPS) is 24.1. The van der Waals surface area contributed by atoms with Gasteiger partial charge in [-0.15, -0.1) is 0 Å². The van der Waals surface area contributed by atoms with Crippen LogP contribution < -0.4 is 0 Å². The molecule has 1 unspecified atom stereocenters. The Morgan fingerprint density at radius 2 is 1.79 bits per heavy atom. The third-order valence-corrected chi connectivity index (χ3v) is 5.14. The quantitative estimate of drug-likeness (QED) is 0.691. The highest BCUT2D eigenvalue weighted by atomic mass is 32.2. The molecule has 0 radical (unpaired) electrons.